The van der Waals surface area contributed by atoms with Crippen molar-refractivity contribution in [3.05, 3.63) is 34.6 Å². The van der Waals surface area contributed by atoms with Gasteiger partial charge in [0.2, 0.25) is 5.95 Å². The molecule has 34 heavy (non-hydrogen) atoms. The first-order valence-corrected chi connectivity index (χ1v) is 12.7. The Hall–Kier alpha value is -2.53. The molecule has 0 radical (unpaired) electrons. The SMILES string of the molecule is CC1(C)O[C@@H]2[C@@H](CO)C[C@@H](Nc3nc(NC4CCC4)[nH]c(=O)c3-c3nc4ccccc4s3)[C@@H]2O1. The third-order valence-electron chi connectivity index (χ3n) is 7.01. The van der Waals surface area contributed by atoms with Crippen LogP contribution < -0.4 is 16.2 Å². The predicted molar refractivity (Wildman–Crippen MR) is 131 cm³/mol. The summed E-state index contributed by atoms with van der Waals surface area (Å²) in [6.45, 7) is 3.78. The number of nitrogens with one attached hydrogen (secondary N) is 3. The number of thiazole rings is 1. The zero-order chi connectivity index (χ0) is 23.4. The Morgan fingerprint density at radius 2 is 1.97 bits per heavy atom. The maximum atomic E-state index is 13.3. The van der Waals surface area contributed by atoms with Crippen molar-refractivity contribution in [2.75, 3.05) is 17.2 Å². The number of nitrogens with zero attached hydrogens (tertiary/aromatic N) is 2. The molecule has 6 rings (SSSR count). The fourth-order valence-corrected chi connectivity index (χ4v) is 6.16. The number of aromatic nitrogens is 3. The van der Waals surface area contributed by atoms with E-state index < -0.39 is 5.79 Å². The molecule has 1 aliphatic heterocycles. The first kappa shape index (κ1) is 22.0. The Bertz CT molecular complexity index is 1240. The zero-order valence-corrected chi connectivity index (χ0v) is 20.0. The lowest BCUT2D eigenvalue weighted by molar-refractivity contribution is -0.158. The van der Waals surface area contributed by atoms with Crippen molar-refractivity contribution >= 4 is 33.3 Å². The minimum Gasteiger partial charge on any atom is -0.396 e. The minimum atomic E-state index is -0.725. The minimum absolute atomic E-state index is 0.0147. The van der Waals surface area contributed by atoms with Crippen molar-refractivity contribution < 1.29 is 14.6 Å². The van der Waals surface area contributed by atoms with Crippen LogP contribution in [0.4, 0.5) is 11.8 Å². The van der Waals surface area contributed by atoms with Crippen LogP contribution in [0.25, 0.3) is 20.8 Å². The Labute approximate surface area is 200 Å². The van der Waals surface area contributed by atoms with Crippen molar-refractivity contribution in [1.29, 1.82) is 0 Å². The topological polar surface area (TPSA) is 121 Å². The Morgan fingerprint density at radius 1 is 1.18 bits per heavy atom. The predicted octanol–water partition coefficient (Wildman–Crippen LogP) is 3.32. The molecular weight excluding hydrogens is 454 g/mol. The van der Waals surface area contributed by atoms with Crippen LogP contribution in [0.5, 0.6) is 0 Å². The Morgan fingerprint density at radius 3 is 2.71 bits per heavy atom. The van der Waals surface area contributed by atoms with Gasteiger partial charge >= 0.3 is 0 Å². The number of hydrogen-bond donors (Lipinski definition) is 4. The normalized spacial score (nSPS) is 28.1. The van der Waals surface area contributed by atoms with Crippen LogP contribution in [0, 0.1) is 5.92 Å². The molecule has 2 saturated carbocycles. The lowest BCUT2D eigenvalue weighted by Crippen LogP contribution is -2.36. The number of aliphatic hydroxyl groups excluding tert-OH is 1. The van der Waals surface area contributed by atoms with E-state index in [4.69, 9.17) is 19.4 Å². The van der Waals surface area contributed by atoms with Crippen molar-refractivity contribution in [3.8, 4) is 10.6 Å². The molecule has 1 aromatic carbocycles. The second kappa shape index (κ2) is 8.30. The first-order valence-electron chi connectivity index (χ1n) is 11.9. The number of rotatable bonds is 6. The van der Waals surface area contributed by atoms with Crippen LogP contribution in [0.1, 0.15) is 39.5 Å². The number of aromatic amines is 1. The van der Waals surface area contributed by atoms with E-state index in [0.29, 0.717) is 34.8 Å². The molecule has 4 atom stereocenters. The standard InChI is InChI=1S/C24H29N5O4S/c1-24(2)32-18-12(11-30)10-15(19(18)33-24)26-20-17(22-27-14-8-3-4-9-16(14)34-22)21(31)29-23(28-20)25-13-6-5-7-13/h3-4,8-9,12-13,15,18-19,30H,5-7,10-11H2,1-2H3,(H3,25,26,28,29,31)/t12-,15-,18-,19+/m1/s1. The largest absolute Gasteiger partial charge is 0.396 e. The van der Waals surface area contributed by atoms with E-state index in [9.17, 15) is 9.90 Å². The van der Waals surface area contributed by atoms with Crippen molar-refractivity contribution in [2.24, 2.45) is 5.92 Å². The molecule has 3 heterocycles. The molecule has 0 amide bonds. The van der Waals surface area contributed by atoms with Crippen molar-refractivity contribution in [2.45, 2.75) is 69.6 Å². The molecule has 1 saturated heterocycles. The highest BCUT2D eigenvalue weighted by Gasteiger charge is 2.54. The van der Waals surface area contributed by atoms with Crippen LogP contribution >= 0.6 is 11.3 Å². The Balaban J connectivity index is 1.39. The van der Waals surface area contributed by atoms with Gasteiger partial charge in [-0.25, -0.2) is 4.98 Å². The number of hydrogen-bond acceptors (Lipinski definition) is 9. The van der Waals surface area contributed by atoms with Gasteiger partial charge in [-0.3, -0.25) is 9.78 Å². The van der Waals surface area contributed by atoms with Gasteiger partial charge in [0.25, 0.3) is 5.56 Å². The molecule has 0 spiro atoms. The number of para-hydroxylation sites is 1. The maximum Gasteiger partial charge on any atom is 0.264 e. The summed E-state index contributed by atoms with van der Waals surface area (Å²) in [6.07, 6.45) is 3.50. The fourth-order valence-electron chi connectivity index (χ4n) is 5.15. The van der Waals surface area contributed by atoms with Gasteiger partial charge in [-0.15, -0.1) is 11.3 Å². The highest BCUT2D eigenvalue weighted by molar-refractivity contribution is 7.21. The second-order valence-electron chi connectivity index (χ2n) is 9.89. The summed E-state index contributed by atoms with van der Waals surface area (Å²) in [6, 6.07) is 8.00. The summed E-state index contributed by atoms with van der Waals surface area (Å²) in [5.74, 6) is 0.154. The number of H-pyrrole nitrogens is 1. The molecule has 3 aliphatic rings. The number of benzene rings is 1. The van der Waals surface area contributed by atoms with Crippen LogP contribution in [0.2, 0.25) is 0 Å². The molecule has 4 N–H and O–H groups in total. The van der Waals surface area contributed by atoms with Crippen LogP contribution in [-0.4, -0.2) is 56.7 Å². The van der Waals surface area contributed by atoms with E-state index in [1.165, 1.54) is 17.8 Å². The lowest BCUT2D eigenvalue weighted by Gasteiger charge is -2.27. The molecule has 180 valence electrons. The van der Waals surface area contributed by atoms with Crippen molar-refractivity contribution in [3.63, 3.8) is 0 Å². The monoisotopic (exact) mass is 483 g/mol. The summed E-state index contributed by atoms with van der Waals surface area (Å²) >= 11 is 1.47. The van der Waals surface area contributed by atoms with E-state index in [-0.39, 0.29) is 36.3 Å². The summed E-state index contributed by atoms with van der Waals surface area (Å²) in [7, 11) is 0. The third kappa shape index (κ3) is 3.88. The Kier molecular flexibility index (Phi) is 5.36. The van der Waals surface area contributed by atoms with Gasteiger partial charge in [0.05, 0.1) is 22.4 Å². The third-order valence-corrected chi connectivity index (χ3v) is 8.07. The molecule has 3 fully saturated rings. The maximum absolute atomic E-state index is 13.3. The smallest absolute Gasteiger partial charge is 0.264 e. The van der Waals surface area contributed by atoms with Gasteiger partial charge in [0.15, 0.2) is 5.79 Å². The van der Waals surface area contributed by atoms with E-state index >= 15 is 0 Å². The molecule has 9 nitrogen and oxygen atoms in total. The quantitative estimate of drug-likeness (QED) is 0.421. The molecule has 2 aliphatic carbocycles. The van der Waals surface area contributed by atoms with Crippen LogP contribution in [0.15, 0.2) is 29.1 Å². The lowest BCUT2D eigenvalue weighted by atomic mass is 9.93. The fraction of sp³-hybridized carbons (Fsp3) is 0.542. The molecule has 0 unspecified atom stereocenters. The molecule has 2 aromatic heterocycles. The van der Waals surface area contributed by atoms with Gasteiger partial charge < -0.3 is 25.2 Å². The number of fused-ring (bicyclic) bond motifs is 2. The van der Waals surface area contributed by atoms with E-state index in [1.807, 2.05) is 38.1 Å². The van der Waals surface area contributed by atoms with E-state index in [2.05, 4.69) is 15.6 Å². The number of aliphatic hydroxyl groups is 1. The van der Waals surface area contributed by atoms with Gasteiger partial charge in [0.1, 0.15) is 22.5 Å². The first-order chi connectivity index (χ1) is 16.4. The molecule has 10 heteroatoms. The van der Waals surface area contributed by atoms with Gasteiger partial charge in [-0.1, -0.05) is 12.1 Å². The molecule has 0 bridgehead atoms. The average Bonchev–Trinajstić information content (AvgIpc) is 3.41. The summed E-state index contributed by atoms with van der Waals surface area (Å²) < 4.78 is 13.3. The summed E-state index contributed by atoms with van der Waals surface area (Å²) in [4.78, 5) is 25.8. The summed E-state index contributed by atoms with van der Waals surface area (Å²) in [5.41, 5.74) is 1.03. The average molecular weight is 484 g/mol. The van der Waals surface area contributed by atoms with Crippen LogP contribution in [-0.2, 0) is 9.47 Å². The highest BCUT2D eigenvalue weighted by atomic mass is 32.1. The number of anilines is 2. The van der Waals surface area contributed by atoms with E-state index in [0.717, 1.165) is 23.1 Å². The van der Waals surface area contributed by atoms with Crippen molar-refractivity contribution in [1.82, 2.24) is 15.0 Å². The van der Waals surface area contributed by atoms with Gasteiger partial charge in [-0.2, -0.15) is 4.98 Å². The van der Waals surface area contributed by atoms with Crippen LogP contribution in [0.3, 0.4) is 0 Å². The van der Waals surface area contributed by atoms with E-state index in [1.54, 1.807) is 0 Å². The number of ether oxygens (including phenoxy) is 2. The van der Waals surface area contributed by atoms with Gasteiger partial charge in [0, 0.05) is 18.6 Å². The highest BCUT2D eigenvalue weighted by Crippen LogP contribution is 2.43. The van der Waals surface area contributed by atoms with Gasteiger partial charge in [-0.05, 0) is 51.7 Å². The zero-order valence-electron chi connectivity index (χ0n) is 19.2. The summed E-state index contributed by atoms with van der Waals surface area (Å²) in [5, 5.41) is 17.4. The molecule has 3 aromatic rings. The second-order valence-corrected chi connectivity index (χ2v) is 10.9. The molecular formula is C24H29N5O4S.